The van der Waals surface area contributed by atoms with E-state index in [1.807, 2.05) is 11.8 Å². The van der Waals surface area contributed by atoms with Crippen molar-refractivity contribution in [3.8, 4) is 0 Å². The third-order valence-corrected chi connectivity index (χ3v) is 4.91. The number of pyridine rings is 1. The number of nitrogens with zero attached hydrogens (tertiary/aromatic N) is 1. The van der Waals surface area contributed by atoms with Crippen LogP contribution in [-0.4, -0.2) is 33.4 Å². The number of thiocarbonyl (C=S) groups is 1. The van der Waals surface area contributed by atoms with Gasteiger partial charge in [0.1, 0.15) is 10.7 Å². The molecule has 1 aromatic heterocycles. The summed E-state index contributed by atoms with van der Waals surface area (Å²) in [4.78, 5) is 16.6. The second-order valence-corrected chi connectivity index (χ2v) is 6.57. The summed E-state index contributed by atoms with van der Waals surface area (Å²) in [6, 6.07) is 3.65. The number of rotatable bonds is 4. The molecule has 1 fully saturated rings. The molecule has 1 saturated carbocycles. The molecule has 0 aliphatic heterocycles. The first-order valence-corrected chi connectivity index (χ1v) is 8.39. The number of nitrogens with one attached hydrogen (secondary N) is 1. The smallest absolute Gasteiger partial charge is 0.270 e. The molecule has 1 aromatic rings. The Balaban J connectivity index is 1.95. The van der Waals surface area contributed by atoms with E-state index in [0.717, 1.165) is 12.8 Å². The lowest BCUT2D eigenvalue weighted by Gasteiger charge is -2.28. The topological polar surface area (TPSA) is 68.0 Å². The average Bonchev–Trinajstić information content (AvgIpc) is 2.47. The molecular weight excluding hydrogens is 290 g/mol. The summed E-state index contributed by atoms with van der Waals surface area (Å²) in [6.07, 6.45) is 8.18. The molecule has 2 rings (SSSR count). The minimum Gasteiger partial charge on any atom is -0.389 e. The maximum atomic E-state index is 12.1. The Morgan fingerprint density at radius 3 is 2.90 bits per heavy atom. The molecule has 1 heterocycles. The van der Waals surface area contributed by atoms with Gasteiger partial charge in [-0.05, 0) is 37.7 Å². The molecule has 2 unspecified atom stereocenters. The zero-order valence-corrected chi connectivity index (χ0v) is 13.1. The first kappa shape index (κ1) is 15.3. The largest absolute Gasteiger partial charge is 0.389 e. The van der Waals surface area contributed by atoms with Gasteiger partial charge in [0.2, 0.25) is 0 Å². The lowest BCUT2D eigenvalue weighted by atomic mass is 9.95. The number of amides is 1. The third kappa shape index (κ3) is 3.93. The summed E-state index contributed by atoms with van der Waals surface area (Å²) in [7, 11) is 0. The lowest BCUT2D eigenvalue weighted by molar-refractivity contribution is 0.0923. The third-order valence-electron chi connectivity index (χ3n) is 3.58. The minimum atomic E-state index is -0.119. The Kier molecular flexibility index (Phi) is 5.37. The maximum absolute atomic E-state index is 12.1. The van der Waals surface area contributed by atoms with Crippen molar-refractivity contribution in [2.24, 2.45) is 5.73 Å². The van der Waals surface area contributed by atoms with Gasteiger partial charge in [-0.25, -0.2) is 0 Å². The minimum absolute atomic E-state index is 0.119. The Morgan fingerprint density at radius 1 is 1.50 bits per heavy atom. The number of nitrogens with two attached hydrogens (primary N) is 1. The van der Waals surface area contributed by atoms with Crippen molar-refractivity contribution in [1.82, 2.24) is 10.3 Å². The van der Waals surface area contributed by atoms with Gasteiger partial charge in [-0.1, -0.05) is 18.6 Å². The second-order valence-electron chi connectivity index (χ2n) is 4.99. The predicted molar refractivity (Wildman–Crippen MR) is 87.1 cm³/mol. The molecule has 1 aliphatic carbocycles. The van der Waals surface area contributed by atoms with E-state index >= 15 is 0 Å². The fourth-order valence-corrected chi connectivity index (χ4v) is 3.37. The zero-order chi connectivity index (χ0) is 14.5. The molecule has 108 valence electrons. The monoisotopic (exact) mass is 309 g/mol. The number of hydrogen-bond acceptors (Lipinski definition) is 4. The first-order chi connectivity index (χ1) is 9.60. The summed E-state index contributed by atoms with van der Waals surface area (Å²) < 4.78 is 0. The Labute approximate surface area is 128 Å². The van der Waals surface area contributed by atoms with Gasteiger partial charge in [0, 0.05) is 23.1 Å². The lowest BCUT2D eigenvalue weighted by Crippen LogP contribution is -2.39. The van der Waals surface area contributed by atoms with Crippen molar-refractivity contribution in [1.29, 1.82) is 0 Å². The first-order valence-electron chi connectivity index (χ1n) is 6.69. The molecule has 20 heavy (non-hydrogen) atoms. The summed E-state index contributed by atoms with van der Waals surface area (Å²) >= 11 is 6.75. The van der Waals surface area contributed by atoms with Crippen molar-refractivity contribution in [2.75, 3.05) is 6.26 Å². The molecule has 0 saturated heterocycles. The Morgan fingerprint density at radius 2 is 2.30 bits per heavy atom. The van der Waals surface area contributed by atoms with Crippen molar-refractivity contribution in [3.63, 3.8) is 0 Å². The van der Waals surface area contributed by atoms with E-state index in [0.29, 0.717) is 21.5 Å². The van der Waals surface area contributed by atoms with E-state index in [9.17, 15) is 4.79 Å². The summed E-state index contributed by atoms with van der Waals surface area (Å²) in [5.74, 6) is -0.119. The van der Waals surface area contributed by atoms with Crippen molar-refractivity contribution in [2.45, 2.75) is 37.0 Å². The average molecular weight is 309 g/mol. The van der Waals surface area contributed by atoms with Gasteiger partial charge in [0.05, 0.1) is 0 Å². The van der Waals surface area contributed by atoms with Crippen LogP contribution in [0.15, 0.2) is 18.3 Å². The highest BCUT2D eigenvalue weighted by atomic mass is 32.2. The number of hydrogen-bond donors (Lipinski definition) is 2. The molecule has 0 bridgehead atoms. The van der Waals surface area contributed by atoms with E-state index in [4.69, 9.17) is 18.0 Å². The normalized spacial score (nSPS) is 22.2. The van der Waals surface area contributed by atoms with Crippen LogP contribution in [0, 0.1) is 0 Å². The van der Waals surface area contributed by atoms with E-state index < -0.39 is 0 Å². The van der Waals surface area contributed by atoms with Gasteiger partial charge < -0.3 is 11.1 Å². The highest BCUT2D eigenvalue weighted by Gasteiger charge is 2.23. The Hall–Kier alpha value is -1.14. The highest BCUT2D eigenvalue weighted by Crippen LogP contribution is 2.26. The zero-order valence-electron chi connectivity index (χ0n) is 11.5. The molecule has 0 radical (unpaired) electrons. The molecule has 1 aliphatic rings. The summed E-state index contributed by atoms with van der Waals surface area (Å²) in [6.45, 7) is 0. The van der Waals surface area contributed by atoms with Crippen LogP contribution in [-0.2, 0) is 0 Å². The predicted octanol–water partition coefficient (Wildman–Crippen LogP) is 2.12. The van der Waals surface area contributed by atoms with Crippen LogP contribution in [0.1, 0.15) is 41.7 Å². The van der Waals surface area contributed by atoms with Gasteiger partial charge in [0.15, 0.2) is 0 Å². The van der Waals surface area contributed by atoms with E-state index in [-0.39, 0.29) is 11.9 Å². The molecule has 1 amide bonds. The molecule has 0 spiro atoms. The van der Waals surface area contributed by atoms with E-state index in [1.165, 1.54) is 12.8 Å². The Bertz CT molecular complexity index is 490. The van der Waals surface area contributed by atoms with Gasteiger partial charge in [-0.15, -0.1) is 0 Å². The fraction of sp³-hybridized carbons (Fsp3) is 0.500. The highest BCUT2D eigenvalue weighted by molar-refractivity contribution is 7.99. The van der Waals surface area contributed by atoms with Crippen molar-refractivity contribution < 1.29 is 4.79 Å². The van der Waals surface area contributed by atoms with Crippen LogP contribution in [0.5, 0.6) is 0 Å². The molecule has 0 aromatic carbocycles. The standard InChI is InChI=1S/C14H19N3OS2/c1-20-11-4-2-3-10(7-11)17-14(18)12-6-5-9(8-16-12)13(15)19/h5-6,8,10-11H,2-4,7H2,1H3,(H2,15,19)(H,17,18). The molecule has 2 atom stereocenters. The van der Waals surface area contributed by atoms with Crippen LogP contribution in [0.25, 0.3) is 0 Å². The van der Waals surface area contributed by atoms with Gasteiger partial charge >= 0.3 is 0 Å². The van der Waals surface area contributed by atoms with Crippen molar-refractivity contribution in [3.05, 3.63) is 29.6 Å². The van der Waals surface area contributed by atoms with Crippen LogP contribution in [0.4, 0.5) is 0 Å². The van der Waals surface area contributed by atoms with Gasteiger partial charge in [0.25, 0.3) is 5.91 Å². The van der Waals surface area contributed by atoms with Crippen LogP contribution >= 0.6 is 24.0 Å². The quantitative estimate of drug-likeness (QED) is 0.834. The number of carbonyl (C=O) groups excluding carboxylic acids is 1. The number of thioether (sulfide) groups is 1. The van der Waals surface area contributed by atoms with Gasteiger partial charge in [-0.2, -0.15) is 11.8 Å². The summed E-state index contributed by atoms with van der Waals surface area (Å²) in [5, 5.41) is 3.72. The van der Waals surface area contributed by atoms with Crippen molar-refractivity contribution >= 4 is 34.9 Å². The van der Waals surface area contributed by atoms with Crippen LogP contribution in [0.3, 0.4) is 0 Å². The van der Waals surface area contributed by atoms with E-state index in [1.54, 1.807) is 18.3 Å². The SMILES string of the molecule is CSC1CCCC(NC(=O)c2ccc(C(N)=S)cn2)C1. The number of aromatic nitrogens is 1. The molecule has 6 heteroatoms. The second kappa shape index (κ2) is 7.04. The van der Waals surface area contributed by atoms with E-state index in [2.05, 4.69) is 16.6 Å². The molecule has 3 N–H and O–H groups in total. The van der Waals surface area contributed by atoms with Crippen LogP contribution in [0.2, 0.25) is 0 Å². The summed E-state index contributed by atoms with van der Waals surface area (Å²) in [5.41, 5.74) is 6.60. The molecular formula is C14H19N3OS2. The van der Waals surface area contributed by atoms with Gasteiger partial charge in [-0.3, -0.25) is 9.78 Å². The maximum Gasteiger partial charge on any atom is 0.270 e. The van der Waals surface area contributed by atoms with Crippen LogP contribution < -0.4 is 11.1 Å². The molecule has 4 nitrogen and oxygen atoms in total. The number of carbonyl (C=O) groups is 1. The fourth-order valence-electron chi connectivity index (χ4n) is 2.42.